The van der Waals surface area contributed by atoms with Crippen molar-refractivity contribution in [1.82, 2.24) is 5.32 Å². The summed E-state index contributed by atoms with van der Waals surface area (Å²) in [6.07, 6.45) is 8.27. The van der Waals surface area contributed by atoms with Crippen LogP contribution in [0, 0.1) is 0 Å². The Morgan fingerprint density at radius 2 is 2.11 bits per heavy atom. The maximum atomic E-state index is 5.54. The molecule has 96 valence electrons. The predicted octanol–water partition coefficient (Wildman–Crippen LogP) is 2.57. The molecule has 2 aliphatic rings. The maximum absolute atomic E-state index is 5.54. The van der Waals surface area contributed by atoms with E-state index in [1.807, 2.05) is 0 Å². The van der Waals surface area contributed by atoms with E-state index in [0.717, 1.165) is 13.2 Å². The van der Waals surface area contributed by atoms with Gasteiger partial charge in [0.15, 0.2) is 0 Å². The van der Waals surface area contributed by atoms with Gasteiger partial charge in [-0.15, -0.1) is 0 Å². The molecule has 2 atom stereocenters. The average Bonchev–Trinajstić information content (AvgIpc) is 2.84. The standard InChI is InChI=1S/C16H21NO/c1-12-10-18-11-16(17-12)8-6-13-5-7-14-3-2-4-15(14)9-13/h5-9,12,16-17H,2-4,10-11H2,1H3/b8-6+. The average molecular weight is 243 g/mol. The Labute approximate surface area is 109 Å². The summed E-state index contributed by atoms with van der Waals surface area (Å²) >= 11 is 0. The van der Waals surface area contributed by atoms with Crippen molar-refractivity contribution < 1.29 is 4.74 Å². The Hall–Kier alpha value is -1.12. The first-order chi connectivity index (χ1) is 8.81. The summed E-state index contributed by atoms with van der Waals surface area (Å²) in [5, 5.41) is 3.53. The van der Waals surface area contributed by atoms with Crippen molar-refractivity contribution in [2.75, 3.05) is 13.2 Å². The monoisotopic (exact) mass is 243 g/mol. The van der Waals surface area contributed by atoms with Crippen LogP contribution < -0.4 is 5.32 Å². The van der Waals surface area contributed by atoms with Crippen molar-refractivity contribution in [3.8, 4) is 0 Å². The lowest BCUT2D eigenvalue weighted by molar-refractivity contribution is 0.0637. The molecule has 2 unspecified atom stereocenters. The zero-order valence-corrected chi connectivity index (χ0v) is 11.0. The summed E-state index contributed by atoms with van der Waals surface area (Å²) in [7, 11) is 0. The SMILES string of the molecule is CC1COCC(/C=C/c2ccc3c(c2)CCC3)N1. The van der Waals surface area contributed by atoms with Crippen LogP contribution in [0.3, 0.4) is 0 Å². The summed E-state index contributed by atoms with van der Waals surface area (Å²) in [4.78, 5) is 0. The molecule has 18 heavy (non-hydrogen) atoms. The number of morpholine rings is 1. The minimum absolute atomic E-state index is 0.349. The van der Waals surface area contributed by atoms with Gasteiger partial charge in [-0.05, 0) is 42.9 Å². The van der Waals surface area contributed by atoms with Crippen LogP contribution in [-0.2, 0) is 17.6 Å². The molecule has 1 aromatic rings. The van der Waals surface area contributed by atoms with E-state index in [-0.39, 0.29) is 0 Å². The topological polar surface area (TPSA) is 21.3 Å². The van der Waals surface area contributed by atoms with Gasteiger partial charge in [0.2, 0.25) is 0 Å². The Morgan fingerprint density at radius 3 is 3.00 bits per heavy atom. The van der Waals surface area contributed by atoms with Crippen LogP contribution in [0.1, 0.15) is 30.0 Å². The smallest absolute Gasteiger partial charge is 0.0656 e. The van der Waals surface area contributed by atoms with Crippen LogP contribution in [0.25, 0.3) is 6.08 Å². The highest BCUT2D eigenvalue weighted by Gasteiger charge is 2.15. The third-order valence-corrected chi connectivity index (χ3v) is 3.81. The Bertz CT molecular complexity index is 452. The van der Waals surface area contributed by atoms with Crippen molar-refractivity contribution in [2.24, 2.45) is 0 Å². The number of nitrogens with one attached hydrogen (secondary N) is 1. The van der Waals surface area contributed by atoms with E-state index in [1.54, 1.807) is 11.1 Å². The molecule has 1 fully saturated rings. The third kappa shape index (κ3) is 2.65. The van der Waals surface area contributed by atoms with E-state index in [2.05, 4.69) is 42.6 Å². The molecule has 1 aliphatic heterocycles. The normalized spacial score (nSPS) is 27.6. The van der Waals surface area contributed by atoms with Gasteiger partial charge in [-0.1, -0.05) is 30.4 Å². The van der Waals surface area contributed by atoms with Gasteiger partial charge in [0.25, 0.3) is 0 Å². The van der Waals surface area contributed by atoms with Gasteiger partial charge in [-0.2, -0.15) is 0 Å². The highest BCUT2D eigenvalue weighted by atomic mass is 16.5. The molecule has 0 amide bonds. The molecular weight excluding hydrogens is 222 g/mol. The second-order valence-corrected chi connectivity index (χ2v) is 5.45. The number of hydrogen-bond acceptors (Lipinski definition) is 2. The molecule has 0 bridgehead atoms. The molecule has 2 nitrogen and oxygen atoms in total. The second-order valence-electron chi connectivity index (χ2n) is 5.45. The lowest BCUT2D eigenvalue weighted by Crippen LogP contribution is -2.46. The largest absolute Gasteiger partial charge is 0.378 e. The number of hydrogen-bond donors (Lipinski definition) is 1. The third-order valence-electron chi connectivity index (χ3n) is 3.81. The minimum Gasteiger partial charge on any atom is -0.378 e. The molecule has 1 N–H and O–H groups in total. The van der Waals surface area contributed by atoms with Gasteiger partial charge in [-0.25, -0.2) is 0 Å². The first-order valence-corrected chi connectivity index (χ1v) is 6.95. The molecule has 0 radical (unpaired) electrons. The van der Waals surface area contributed by atoms with Crippen molar-refractivity contribution in [2.45, 2.75) is 38.3 Å². The van der Waals surface area contributed by atoms with Crippen molar-refractivity contribution in [3.63, 3.8) is 0 Å². The molecule has 1 aromatic carbocycles. The number of benzene rings is 1. The molecule has 0 aromatic heterocycles. The highest BCUT2D eigenvalue weighted by molar-refractivity contribution is 5.53. The van der Waals surface area contributed by atoms with E-state index in [0.29, 0.717) is 12.1 Å². The summed E-state index contributed by atoms with van der Waals surface area (Å²) in [6.45, 7) is 3.77. The van der Waals surface area contributed by atoms with Gasteiger partial charge in [0, 0.05) is 12.1 Å². The van der Waals surface area contributed by atoms with Crippen LogP contribution in [0.2, 0.25) is 0 Å². The number of fused-ring (bicyclic) bond motifs is 1. The van der Waals surface area contributed by atoms with Crippen LogP contribution >= 0.6 is 0 Å². The zero-order valence-electron chi connectivity index (χ0n) is 11.0. The number of ether oxygens (including phenoxy) is 1. The fourth-order valence-corrected chi connectivity index (χ4v) is 2.87. The highest BCUT2D eigenvalue weighted by Crippen LogP contribution is 2.23. The number of rotatable bonds is 2. The number of aryl methyl sites for hydroxylation is 2. The van der Waals surface area contributed by atoms with E-state index in [1.165, 1.54) is 24.8 Å². The van der Waals surface area contributed by atoms with Crippen LogP contribution in [-0.4, -0.2) is 25.3 Å². The van der Waals surface area contributed by atoms with Gasteiger partial charge in [-0.3, -0.25) is 0 Å². The summed E-state index contributed by atoms with van der Waals surface area (Å²) in [6, 6.07) is 7.66. The van der Waals surface area contributed by atoms with Crippen molar-refractivity contribution >= 4 is 6.08 Å². The molecule has 2 heteroatoms. The molecule has 0 saturated carbocycles. The molecular formula is C16H21NO. The minimum atomic E-state index is 0.349. The lowest BCUT2D eigenvalue weighted by Gasteiger charge is -2.26. The Kier molecular flexibility index (Phi) is 3.48. The van der Waals surface area contributed by atoms with Gasteiger partial charge in [0.1, 0.15) is 0 Å². The van der Waals surface area contributed by atoms with Crippen LogP contribution in [0.4, 0.5) is 0 Å². The summed E-state index contributed by atoms with van der Waals surface area (Å²) < 4.78 is 5.54. The molecule has 0 spiro atoms. The molecule has 1 heterocycles. The fraction of sp³-hybridized carbons (Fsp3) is 0.500. The fourth-order valence-electron chi connectivity index (χ4n) is 2.87. The maximum Gasteiger partial charge on any atom is 0.0656 e. The van der Waals surface area contributed by atoms with Crippen LogP contribution in [0.15, 0.2) is 24.3 Å². The van der Waals surface area contributed by atoms with E-state index < -0.39 is 0 Å². The molecule has 3 rings (SSSR count). The quantitative estimate of drug-likeness (QED) is 0.862. The van der Waals surface area contributed by atoms with Crippen LogP contribution in [0.5, 0.6) is 0 Å². The van der Waals surface area contributed by atoms with E-state index in [4.69, 9.17) is 4.74 Å². The van der Waals surface area contributed by atoms with E-state index in [9.17, 15) is 0 Å². The Balaban J connectivity index is 1.68. The summed E-state index contributed by atoms with van der Waals surface area (Å²) in [5.41, 5.74) is 4.40. The summed E-state index contributed by atoms with van der Waals surface area (Å²) in [5.74, 6) is 0. The van der Waals surface area contributed by atoms with Gasteiger partial charge < -0.3 is 10.1 Å². The van der Waals surface area contributed by atoms with Crippen molar-refractivity contribution in [1.29, 1.82) is 0 Å². The first kappa shape index (κ1) is 11.9. The second kappa shape index (κ2) is 5.25. The molecule has 1 saturated heterocycles. The van der Waals surface area contributed by atoms with E-state index >= 15 is 0 Å². The zero-order chi connectivity index (χ0) is 12.4. The predicted molar refractivity (Wildman–Crippen MR) is 74.7 cm³/mol. The Morgan fingerprint density at radius 1 is 1.22 bits per heavy atom. The van der Waals surface area contributed by atoms with Gasteiger partial charge >= 0.3 is 0 Å². The van der Waals surface area contributed by atoms with Gasteiger partial charge in [0.05, 0.1) is 13.2 Å². The molecule has 1 aliphatic carbocycles. The van der Waals surface area contributed by atoms with Crippen molar-refractivity contribution in [3.05, 3.63) is 41.0 Å². The first-order valence-electron chi connectivity index (χ1n) is 6.95. The lowest BCUT2D eigenvalue weighted by atomic mass is 10.1.